The molecule has 2 heterocycles. The molecule has 0 N–H and O–H groups in total. The summed E-state index contributed by atoms with van der Waals surface area (Å²) in [6, 6.07) is 19.6. The molecule has 0 radical (unpaired) electrons. The van der Waals surface area contributed by atoms with Crippen LogP contribution in [0.25, 0.3) is 6.08 Å². The van der Waals surface area contributed by atoms with E-state index in [2.05, 4.69) is 0 Å². The van der Waals surface area contributed by atoms with E-state index in [1.807, 2.05) is 73.7 Å². The Morgan fingerprint density at radius 2 is 1.82 bits per heavy atom. The zero-order valence-electron chi connectivity index (χ0n) is 25.0. The molecule has 0 fully saturated rings. The molecule has 10 heteroatoms. The van der Waals surface area contributed by atoms with Gasteiger partial charge in [0.1, 0.15) is 12.4 Å². The van der Waals surface area contributed by atoms with Crippen molar-refractivity contribution in [2.45, 2.75) is 39.3 Å². The van der Waals surface area contributed by atoms with Gasteiger partial charge >= 0.3 is 5.97 Å². The van der Waals surface area contributed by atoms with E-state index in [4.69, 9.17) is 35.5 Å². The van der Waals surface area contributed by atoms with Crippen LogP contribution in [0.4, 0.5) is 0 Å². The van der Waals surface area contributed by atoms with Crippen molar-refractivity contribution < 1.29 is 23.7 Å². The molecule has 0 spiro atoms. The number of thiazole rings is 1. The number of benzene rings is 3. The summed E-state index contributed by atoms with van der Waals surface area (Å²) in [5.41, 5.74) is 3.17. The topological polar surface area (TPSA) is 88.4 Å². The fourth-order valence-electron chi connectivity index (χ4n) is 5.03. The van der Waals surface area contributed by atoms with Crippen molar-refractivity contribution in [3.05, 3.63) is 119 Å². The summed E-state index contributed by atoms with van der Waals surface area (Å²) in [6.07, 6.45) is 3.13. The van der Waals surface area contributed by atoms with Crippen molar-refractivity contribution in [1.82, 2.24) is 4.57 Å². The van der Waals surface area contributed by atoms with Crippen LogP contribution in [0.15, 0.2) is 87.8 Å². The van der Waals surface area contributed by atoms with Gasteiger partial charge in [0.25, 0.3) is 5.56 Å². The monoisotopic (exact) mass is 632 g/mol. The molecule has 8 nitrogen and oxygen atoms in total. The van der Waals surface area contributed by atoms with Gasteiger partial charge in [-0.3, -0.25) is 9.36 Å². The van der Waals surface area contributed by atoms with E-state index in [9.17, 15) is 9.59 Å². The second kappa shape index (κ2) is 14.0. The van der Waals surface area contributed by atoms with Crippen molar-refractivity contribution in [1.29, 1.82) is 0 Å². The average Bonchev–Trinajstić information content (AvgIpc) is 3.34. The zero-order chi connectivity index (χ0) is 31.2. The lowest BCUT2D eigenvalue weighted by molar-refractivity contribution is -0.139. The quantitative estimate of drug-likeness (QED) is 0.193. The van der Waals surface area contributed by atoms with E-state index in [0.29, 0.717) is 55.9 Å². The normalized spacial score (nSPS) is 14.6. The number of methoxy groups -OCH3 is 2. The fourth-order valence-corrected chi connectivity index (χ4v) is 6.18. The molecule has 1 aliphatic rings. The Hall–Kier alpha value is -4.34. The first-order valence-electron chi connectivity index (χ1n) is 14.3. The van der Waals surface area contributed by atoms with E-state index in [1.54, 1.807) is 31.8 Å². The number of carbonyl (C=O) groups is 1. The predicted molar refractivity (Wildman–Crippen MR) is 171 cm³/mol. The molecule has 3 aromatic carbocycles. The molecule has 1 aliphatic heterocycles. The molecular weight excluding hydrogens is 600 g/mol. The molecule has 228 valence electrons. The number of carbonyl (C=O) groups excluding carboxylic acids is 1. The van der Waals surface area contributed by atoms with Crippen LogP contribution in [-0.2, 0) is 16.1 Å². The molecule has 4 aromatic rings. The first-order chi connectivity index (χ1) is 21.4. The summed E-state index contributed by atoms with van der Waals surface area (Å²) in [6.45, 7) is 4.34. The molecule has 1 aromatic heterocycles. The molecule has 1 unspecified atom stereocenters. The van der Waals surface area contributed by atoms with Gasteiger partial charge in [0.05, 0.1) is 42.7 Å². The highest BCUT2D eigenvalue weighted by Crippen LogP contribution is 2.34. The average molecular weight is 633 g/mol. The van der Waals surface area contributed by atoms with E-state index >= 15 is 0 Å². The van der Waals surface area contributed by atoms with Gasteiger partial charge in [-0.15, -0.1) is 0 Å². The maximum Gasteiger partial charge on any atom is 0.338 e. The van der Waals surface area contributed by atoms with Gasteiger partial charge in [0.2, 0.25) is 0 Å². The lowest BCUT2D eigenvalue weighted by Crippen LogP contribution is -2.40. The summed E-state index contributed by atoms with van der Waals surface area (Å²) in [5.74, 6) is 1.24. The van der Waals surface area contributed by atoms with Crippen molar-refractivity contribution in [2.75, 3.05) is 20.8 Å². The summed E-state index contributed by atoms with van der Waals surface area (Å²) >= 11 is 7.27. The van der Waals surface area contributed by atoms with Gasteiger partial charge in [-0.25, -0.2) is 9.79 Å². The highest BCUT2D eigenvalue weighted by molar-refractivity contribution is 7.07. The molecule has 44 heavy (non-hydrogen) atoms. The van der Waals surface area contributed by atoms with E-state index in [-0.39, 0.29) is 12.2 Å². The first-order valence-corrected chi connectivity index (χ1v) is 15.5. The smallest absolute Gasteiger partial charge is 0.338 e. The standard InChI is InChI=1S/C34H33ClN2O6S/c1-5-8-26-30(33(39)42-6-2)31(23-9-7-10-25(19-23)40-3)37-32(38)29(44-34(37)36-26)18-22-13-16-27(28(17-22)41-4)43-20-21-11-14-24(35)15-12-21/h7,9-19,31H,5-6,8,20H2,1-4H3/b29-18-. The largest absolute Gasteiger partial charge is 0.497 e. The van der Waals surface area contributed by atoms with E-state index < -0.39 is 12.0 Å². The number of rotatable bonds is 11. The highest BCUT2D eigenvalue weighted by Gasteiger charge is 2.34. The number of hydrogen-bond acceptors (Lipinski definition) is 8. The number of allylic oxidation sites excluding steroid dienone is 1. The van der Waals surface area contributed by atoms with Crippen LogP contribution in [0.2, 0.25) is 5.02 Å². The van der Waals surface area contributed by atoms with Crippen LogP contribution >= 0.6 is 22.9 Å². The van der Waals surface area contributed by atoms with Crippen LogP contribution in [0.3, 0.4) is 0 Å². The van der Waals surface area contributed by atoms with Crippen LogP contribution in [0.1, 0.15) is 49.4 Å². The second-order valence-corrected chi connectivity index (χ2v) is 11.5. The van der Waals surface area contributed by atoms with Gasteiger partial charge < -0.3 is 18.9 Å². The maximum atomic E-state index is 14.1. The number of esters is 1. The second-order valence-electron chi connectivity index (χ2n) is 10.0. The Morgan fingerprint density at radius 3 is 2.52 bits per heavy atom. The molecule has 0 aliphatic carbocycles. The fraction of sp³-hybridized carbons (Fsp3) is 0.265. The number of nitrogens with zero attached hydrogens (tertiary/aromatic N) is 2. The Labute approximate surface area is 264 Å². The van der Waals surface area contributed by atoms with Gasteiger partial charge in [-0.05, 0) is 72.5 Å². The lowest BCUT2D eigenvalue weighted by Gasteiger charge is -2.26. The van der Waals surface area contributed by atoms with E-state index in [1.165, 1.54) is 11.3 Å². The Bertz CT molecular complexity index is 1880. The van der Waals surface area contributed by atoms with Crippen LogP contribution < -0.4 is 29.1 Å². The highest BCUT2D eigenvalue weighted by atomic mass is 35.5. The van der Waals surface area contributed by atoms with E-state index in [0.717, 1.165) is 23.1 Å². The maximum absolute atomic E-state index is 14.1. The van der Waals surface area contributed by atoms with Crippen molar-refractivity contribution >= 4 is 35.0 Å². The number of ether oxygens (including phenoxy) is 4. The van der Waals surface area contributed by atoms with Gasteiger partial charge in [0, 0.05) is 5.02 Å². The number of hydrogen-bond donors (Lipinski definition) is 0. The minimum atomic E-state index is -0.720. The van der Waals surface area contributed by atoms with Crippen LogP contribution in [0, 0.1) is 0 Å². The summed E-state index contributed by atoms with van der Waals surface area (Å²) < 4.78 is 24.6. The first kappa shape index (κ1) is 31.1. The Kier molecular flexibility index (Phi) is 9.87. The molecule has 5 rings (SSSR count). The number of fused-ring (bicyclic) bond motifs is 1. The zero-order valence-corrected chi connectivity index (χ0v) is 26.5. The van der Waals surface area contributed by atoms with Crippen molar-refractivity contribution in [2.24, 2.45) is 4.99 Å². The summed E-state index contributed by atoms with van der Waals surface area (Å²) in [5, 5.41) is 0.662. The lowest BCUT2D eigenvalue weighted by atomic mass is 9.94. The SMILES string of the molecule is CCCC1=C(C(=O)OCC)C(c2cccc(OC)c2)n2c(s/c(=C\c3ccc(OCc4ccc(Cl)cc4)c(OC)c3)c2=O)=N1. The third-order valence-electron chi connectivity index (χ3n) is 7.09. The Morgan fingerprint density at radius 1 is 1.02 bits per heavy atom. The van der Waals surface area contributed by atoms with Crippen LogP contribution in [-0.4, -0.2) is 31.4 Å². The Balaban J connectivity index is 1.58. The molecule has 0 saturated heterocycles. The minimum Gasteiger partial charge on any atom is -0.497 e. The molecule has 0 amide bonds. The summed E-state index contributed by atoms with van der Waals surface area (Å²) in [7, 11) is 3.15. The van der Waals surface area contributed by atoms with Crippen molar-refractivity contribution in [3.8, 4) is 17.2 Å². The minimum absolute atomic E-state index is 0.207. The third-order valence-corrected chi connectivity index (χ3v) is 8.33. The molecule has 0 bridgehead atoms. The number of halogens is 1. The van der Waals surface area contributed by atoms with Crippen LogP contribution in [0.5, 0.6) is 17.2 Å². The molecule has 1 atom stereocenters. The van der Waals surface area contributed by atoms with Gasteiger partial charge in [-0.2, -0.15) is 0 Å². The summed E-state index contributed by atoms with van der Waals surface area (Å²) in [4.78, 5) is 32.8. The molecular formula is C34H33ClN2O6S. The third kappa shape index (κ3) is 6.59. The van der Waals surface area contributed by atoms with Gasteiger partial charge in [0.15, 0.2) is 16.3 Å². The van der Waals surface area contributed by atoms with Crippen molar-refractivity contribution in [3.63, 3.8) is 0 Å². The van der Waals surface area contributed by atoms with Gasteiger partial charge in [-0.1, -0.05) is 66.6 Å². The molecule has 0 saturated carbocycles. The predicted octanol–water partition coefficient (Wildman–Crippen LogP) is 5.83. The number of aromatic nitrogens is 1.